The summed E-state index contributed by atoms with van der Waals surface area (Å²) in [6, 6.07) is 12.1. The molecule has 4 saturated carbocycles. The summed E-state index contributed by atoms with van der Waals surface area (Å²) in [7, 11) is 0. The number of ether oxygens (including phenoxy) is 1. The number of amides is 1. The number of rotatable bonds is 16. The lowest BCUT2D eigenvalue weighted by atomic mass is 9.67. The van der Waals surface area contributed by atoms with Crippen molar-refractivity contribution < 1.29 is 9.53 Å². The minimum absolute atomic E-state index is 0.212. The number of carbonyl (C=O) groups is 1. The average Bonchev–Trinajstić information content (AvgIpc) is 1.58. The van der Waals surface area contributed by atoms with Crippen molar-refractivity contribution in [3.8, 4) is 0 Å². The van der Waals surface area contributed by atoms with E-state index in [9.17, 15) is 4.79 Å². The van der Waals surface area contributed by atoms with E-state index < -0.39 is 0 Å². The van der Waals surface area contributed by atoms with Gasteiger partial charge in [0.1, 0.15) is 0 Å². The van der Waals surface area contributed by atoms with Gasteiger partial charge in [0, 0.05) is 154 Å². The van der Waals surface area contributed by atoms with Crippen LogP contribution in [0.15, 0.2) is 0 Å². The first-order chi connectivity index (χ1) is 48.1. The van der Waals surface area contributed by atoms with Crippen LogP contribution < -0.4 is 0 Å². The third-order valence-corrected chi connectivity index (χ3v) is 28.6. The zero-order chi connectivity index (χ0) is 77.4. The van der Waals surface area contributed by atoms with Gasteiger partial charge in [0.25, 0.3) is 0 Å². The second-order valence-electron chi connectivity index (χ2n) is 40.8. The quantitative estimate of drug-likeness (QED) is 0.149. The zero-order valence-electron chi connectivity index (χ0n) is 75.3. The molecule has 2 unspecified atom stereocenters. The Balaban J connectivity index is 0.000000212. The Kier molecular flexibility index (Phi) is 38.4. The van der Waals surface area contributed by atoms with Crippen LogP contribution in [0.3, 0.4) is 0 Å². The van der Waals surface area contributed by atoms with E-state index in [1.807, 2.05) is 4.90 Å². The molecule has 1 amide bonds. The standard InChI is InChI=1S/2C13H25N.C12H24N2O.C12H23N.C11H21N.C11H23N.C10H21NO.C10H21N/c1-9(2)13-11-5-7-12(8-6-11)14(13)10(3)4;1-10(2)13-7-5-6-12(8-13)9-14(13)11(3)4;1-9(2)12-8-13(11(5)15)6-7-14(12)10(3)4;1-8(2)12-10-5-6-11(7-10)13(12)9(3)4;1-8(2)11-5-10(6-11)7-12(11)9(3)4;1-9(2)11-7-5-6-8-12(11)10(3)4;1-8(2)10-7-12-6-5-11(10)9(3)4;1-8(2)10-6-5-7-11(10)9(3)4/h9-13H,5-8H2,1-4H3;10-12H,5-9H2,1-4H3;9-10,12H,6-8H2,1-5H3;8-12H,5-7H2,1-4H3;8-10H,5-7H2,1-4H3;9-11H,5-8H2,1-4H3;8-10H,5-7H2,1-4H3;8-10H,5-7H2,1-4H3/t11?,12?,13-;12-,13-;12-;10?,11?,12-;;11-;2*10-/m1001.000/s1. The van der Waals surface area contributed by atoms with Gasteiger partial charge in [-0.05, 0) is 298 Å². The van der Waals surface area contributed by atoms with Crippen LogP contribution in [-0.2, 0) is 9.53 Å². The van der Waals surface area contributed by atoms with Gasteiger partial charge in [0.2, 0.25) is 5.91 Å². The van der Waals surface area contributed by atoms with Crippen molar-refractivity contribution in [1.29, 1.82) is 0 Å². The monoisotopic (exact) mass is 1450 g/mol. The predicted octanol–water partition coefficient (Wildman–Crippen LogP) is 20.8. The number of carbonyl (C=O) groups excluding carboxylic acids is 1. The number of likely N-dealkylation sites (tertiary alicyclic amines) is 4. The molecule has 608 valence electrons. The Hall–Kier alpha value is -0.890. The van der Waals surface area contributed by atoms with Crippen molar-refractivity contribution in [3.63, 3.8) is 0 Å². The van der Waals surface area contributed by atoms with Gasteiger partial charge in [0.15, 0.2) is 0 Å². The van der Waals surface area contributed by atoms with Crippen molar-refractivity contribution in [2.45, 2.75) is 452 Å². The topological polar surface area (TPSA) is 55.5 Å². The number of piperidine rings is 4. The summed E-state index contributed by atoms with van der Waals surface area (Å²) in [5, 5.41) is 0. The van der Waals surface area contributed by atoms with E-state index in [2.05, 4.69) is 261 Å². The van der Waals surface area contributed by atoms with E-state index in [1.54, 1.807) is 6.92 Å². The molecular formula is C92H183N9O2. The smallest absolute Gasteiger partial charge is 0.219 e. The van der Waals surface area contributed by atoms with Gasteiger partial charge in [-0.15, -0.1) is 0 Å². The van der Waals surface area contributed by atoms with Crippen LogP contribution in [0.4, 0.5) is 0 Å². The largest absolute Gasteiger partial charge is 0.378 e. The fourth-order valence-corrected chi connectivity index (χ4v) is 23.5. The van der Waals surface area contributed by atoms with E-state index in [-0.39, 0.29) is 5.91 Å². The highest BCUT2D eigenvalue weighted by molar-refractivity contribution is 5.73. The molecule has 0 N–H and O–H groups in total. The Morgan fingerprint density at radius 1 is 0.350 bits per heavy atom. The SMILES string of the molecule is CC(=O)N1CCN(C(C)C)[C@H](C(C)C)C1.CC(C)N1CC2CC1(C(C)C)C2.CC(C)N1C[C@H]2CCC[C@@]1(C(C)C)C2.CC(C)[C@@H]1C2CCC(C2)N1C(C)C.CC(C)[C@@H]1C2CCC(CC2)N1C(C)C.CC(C)[C@@H]1CCCCN1C(C)C.CC(C)[C@@H]1CCCN1C(C)C.CC(C)[C@@H]1COCCN1C(C)C. The number of nitrogens with zero attached hydrogens (tertiary/aromatic N) is 9. The van der Waals surface area contributed by atoms with Gasteiger partial charge in [-0.1, -0.05) is 124 Å². The summed E-state index contributed by atoms with van der Waals surface area (Å²) in [6.45, 7) is 87.5. The molecule has 0 radical (unpaired) electrons. The third-order valence-electron chi connectivity index (χ3n) is 28.6. The number of piperazine rings is 1. The van der Waals surface area contributed by atoms with Gasteiger partial charge in [-0.25, -0.2) is 0 Å². The first-order valence-corrected chi connectivity index (χ1v) is 45.1. The van der Waals surface area contributed by atoms with Crippen LogP contribution in [0.2, 0.25) is 0 Å². The number of morpholine rings is 1. The minimum atomic E-state index is 0.212. The van der Waals surface area contributed by atoms with E-state index in [0.29, 0.717) is 47.1 Å². The molecule has 10 heterocycles. The van der Waals surface area contributed by atoms with Gasteiger partial charge in [0.05, 0.1) is 13.2 Å². The molecule has 4 aliphatic carbocycles. The second-order valence-corrected chi connectivity index (χ2v) is 40.8. The second kappa shape index (κ2) is 42.7. The number of hydrogen-bond acceptors (Lipinski definition) is 10. The van der Waals surface area contributed by atoms with E-state index >= 15 is 0 Å². The first-order valence-electron chi connectivity index (χ1n) is 45.1. The van der Waals surface area contributed by atoms with Gasteiger partial charge in [-0.2, -0.15) is 0 Å². The molecule has 10 saturated heterocycles. The molecule has 10 atom stereocenters. The van der Waals surface area contributed by atoms with Crippen molar-refractivity contribution >= 4 is 5.91 Å². The lowest BCUT2D eigenvalue weighted by Gasteiger charge is -2.55. The van der Waals surface area contributed by atoms with Crippen molar-refractivity contribution in [2.75, 3.05) is 65.6 Å². The van der Waals surface area contributed by atoms with Crippen LogP contribution in [-0.4, -0.2) is 223 Å². The van der Waals surface area contributed by atoms with Gasteiger partial charge in [-0.3, -0.25) is 44.0 Å². The van der Waals surface area contributed by atoms with E-state index in [0.717, 1.165) is 171 Å². The maximum absolute atomic E-state index is 11.4. The summed E-state index contributed by atoms with van der Waals surface area (Å²) in [4.78, 5) is 34.9. The van der Waals surface area contributed by atoms with Crippen LogP contribution in [0.1, 0.15) is 344 Å². The zero-order valence-corrected chi connectivity index (χ0v) is 75.3. The molecule has 14 aliphatic rings. The maximum atomic E-state index is 11.4. The predicted molar refractivity (Wildman–Crippen MR) is 450 cm³/mol. The van der Waals surface area contributed by atoms with Crippen LogP contribution >= 0.6 is 0 Å². The Morgan fingerprint density at radius 3 is 1.17 bits per heavy atom. The molecule has 10 aliphatic heterocycles. The minimum Gasteiger partial charge on any atom is -0.378 e. The molecular weight excluding hydrogens is 1260 g/mol. The molecule has 0 aromatic rings. The molecule has 8 bridgehead atoms. The van der Waals surface area contributed by atoms with Gasteiger partial charge < -0.3 is 9.64 Å². The Morgan fingerprint density at radius 2 is 0.767 bits per heavy atom. The fourth-order valence-electron chi connectivity index (χ4n) is 23.5. The van der Waals surface area contributed by atoms with E-state index in [1.165, 1.54) is 142 Å². The lowest BCUT2D eigenvalue weighted by molar-refractivity contribution is -0.132. The van der Waals surface area contributed by atoms with Crippen LogP contribution in [0.25, 0.3) is 0 Å². The van der Waals surface area contributed by atoms with Crippen molar-refractivity contribution in [2.24, 2.45) is 71.0 Å². The maximum Gasteiger partial charge on any atom is 0.219 e. The molecule has 11 nitrogen and oxygen atoms in total. The molecule has 0 spiro atoms. The summed E-state index contributed by atoms with van der Waals surface area (Å²) in [5.74, 6) is 10.6. The summed E-state index contributed by atoms with van der Waals surface area (Å²) in [5.41, 5.74) is 1.18. The van der Waals surface area contributed by atoms with Gasteiger partial charge >= 0.3 is 0 Å². The first kappa shape index (κ1) is 92.7. The van der Waals surface area contributed by atoms with Crippen molar-refractivity contribution in [3.05, 3.63) is 0 Å². The number of fused-ring (bicyclic) bond motifs is 8. The van der Waals surface area contributed by atoms with Crippen molar-refractivity contribution in [1.82, 2.24) is 44.1 Å². The highest BCUT2D eigenvalue weighted by Crippen LogP contribution is 2.55. The average molecular weight is 1450 g/mol. The molecule has 11 heteroatoms. The fraction of sp³-hybridized carbons (Fsp3) is 0.989. The summed E-state index contributed by atoms with van der Waals surface area (Å²) in [6.07, 6.45) is 26.3. The molecule has 14 fully saturated rings. The van der Waals surface area contributed by atoms with E-state index in [4.69, 9.17) is 4.74 Å². The Labute approximate surface area is 644 Å². The lowest BCUT2D eigenvalue weighted by Crippen LogP contribution is -2.59. The highest BCUT2D eigenvalue weighted by Gasteiger charge is 2.58. The Bertz CT molecular complexity index is 2180. The molecule has 0 aromatic carbocycles. The summed E-state index contributed by atoms with van der Waals surface area (Å²) >= 11 is 0. The summed E-state index contributed by atoms with van der Waals surface area (Å²) < 4.78 is 5.48. The third kappa shape index (κ3) is 24.6. The molecule has 103 heavy (non-hydrogen) atoms. The number of hydrogen-bond donors (Lipinski definition) is 0. The normalized spacial score (nSPS) is 33.0. The molecule has 0 aromatic heterocycles. The molecule has 14 rings (SSSR count). The van der Waals surface area contributed by atoms with Crippen LogP contribution in [0.5, 0.6) is 0 Å². The van der Waals surface area contributed by atoms with Crippen LogP contribution in [0, 0.1) is 71.0 Å². The highest BCUT2D eigenvalue weighted by atomic mass is 16.5.